The molecule has 0 radical (unpaired) electrons. The van der Waals surface area contributed by atoms with Crippen LogP contribution in [-0.2, 0) is 11.8 Å². The quantitative estimate of drug-likeness (QED) is 0.469. The number of aromatic nitrogens is 2. The summed E-state index contributed by atoms with van der Waals surface area (Å²) in [6.07, 6.45) is 2.61. The molecular weight excluding hydrogens is 474 g/mol. The topological polar surface area (TPSA) is 76.0 Å². The van der Waals surface area contributed by atoms with Crippen LogP contribution < -0.4 is 10.6 Å². The van der Waals surface area contributed by atoms with E-state index in [-0.39, 0.29) is 42.4 Å². The molecule has 1 aromatic heterocycles. The Kier molecular flexibility index (Phi) is 7.62. The van der Waals surface area contributed by atoms with Crippen molar-refractivity contribution in [3.05, 3.63) is 76.4 Å². The van der Waals surface area contributed by atoms with Crippen molar-refractivity contribution in [3.8, 4) is 11.3 Å². The molecule has 9 heteroatoms. The van der Waals surface area contributed by atoms with Gasteiger partial charge in [-0.15, -0.1) is 0 Å². The number of benzene rings is 2. The Labute approximate surface area is 207 Å². The van der Waals surface area contributed by atoms with Gasteiger partial charge in [0.05, 0.1) is 16.9 Å². The number of halogens is 3. The van der Waals surface area contributed by atoms with Crippen LogP contribution in [0.3, 0.4) is 0 Å². The van der Waals surface area contributed by atoms with E-state index in [0.29, 0.717) is 29.1 Å². The number of amides is 1. The lowest BCUT2D eigenvalue weighted by molar-refractivity contribution is -0.121. The highest BCUT2D eigenvalue weighted by Crippen LogP contribution is 2.37. The van der Waals surface area contributed by atoms with E-state index in [4.69, 9.17) is 11.6 Å². The molecule has 0 saturated carbocycles. The van der Waals surface area contributed by atoms with E-state index in [2.05, 4.69) is 15.7 Å². The number of carbonyl (C=O) groups is 2. The van der Waals surface area contributed by atoms with Gasteiger partial charge in [-0.2, -0.15) is 5.10 Å². The number of piperidine rings is 1. The fraction of sp³-hybridized carbons (Fsp3) is 0.346. The van der Waals surface area contributed by atoms with Crippen molar-refractivity contribution in [3.63, 3.8) is 0 Å². The number of hydrogen-bond acceptors (Lipinski definition) is 4. The fourth-order valence-corrected chi connectivity index (χ4v) is 5.07. The Balaban J connectivity index is 1.53. The van der Waals surface area contributed by atoms with E-state index < -0.39 is 11.6 Å². The lowest BCUT2D eigenvalue weighted by Gasteiger charge is -2.37. The number of aryl methyl sites for hydroxylation is 1. The molecule has 0 spiro atoms. The van der Waals surface area contributed by atoms with Crippen molar-refractivity contribution in [1.82, 2.24) is 20.4 Å². The highest BCUT2D eigenvalue weighted by Gasteiger charge is 2.34. The zero-order valence-corrected chi connectivity index (χ0v) is 20.3. The largest absolute Gasteiger partial charge is 0.359 e. The molecule has 1 saturated heterocycles. The Morgan fingerprint density at radius 1 is 1.14 bits per heavy atom. The number of nitrogens with one attached hydrogen (secondary N) is 2. The highest BCUT2D eigenvalue weighted by molar-refractivity contribution is 6.33. The number of hydrogen-bond donors (Lipinski definition) is 2. The monoisotopic (exact) mass is 500 g/mol. The molecule has 6 nitrogen and oxygen atoms in total. The van der Waals surface area contributed by atoms with Gasteiger partial charge >= 0.3 is 0 Å². The SMILES string of the molecule is CNC(=O)CC1C[C@@H](c2ccc(F)c(F)c2)[C@H](CC(=O)c2ccc(-c3c(Cl)cnn3C)cc2)CN1. The highest BCUT2D eigenvalue weighted by atomic mass is 35.5. The second kappa shape index (κ2) is 10.7. The smallest absolute Gasteiger partial charge is 0.221 e. The summed E-state index contributed by atoms with van der Waals surface area (Å²) >= 11 is 6.23. The molecule has 3 atom stereocenters. The van der Waals surface area contributed by atoms with Crippen LogP contribution in [0.5, 0.6) is 0 Å². The van der Waals surface area contributed by atoms with Gasteiger partial charge in [0.15, 0.2) is 17.4 Å². The van der Waals surface area contributed by atoms with E-state index in [1.54, 1.807) is 43.2 Å². The first-order valence-electron chi connectivity index (χ1n) is 11.5. The summed E-state index contributed by atoms with van der Waals surface area (Å²) < 4.78 is 29.3. The maximum atomic E-state index is 14.0. The molecule has 1 aliphatic heterocycles. The summed E-state index contributed by atoms with van der Waals surface area (Å²) in [4.78, 5) is 25.1. The van der Waals surface area contributed by atoms with Crippen molar-refractivity contribution in [2.45, 2.75) is 31.2 Å². The maximum absolute atomic E-state index is 14.0. The van der Waals surface area contributed by atoms with Crippen molar-refractivity contribution in [2.75, 3.05) is 13.6 Å². The first-order chi connectivity index (χ1) is 16.8. The van der Waals surface area contributed by atoms with Crippen LogP contribution in [-0.4, -0.2) is 41.1 Å². The molecule has 1 aliphatic rings. The molecule has 2 aromatic carbocycles. The summed E-state index contributed by atoms with van der Waals surface area (Å²) in [5.41, 5.74) is 2.81. The molecular formula is C26H27ClF2N4O2. The fourth-order valence-electron chi connectivity index (χ4n) is 4.80. The van der Waals surface area contributed by atoms with E-state index >= 15 is 0 Å². The summed E-state index contributed by atoms with van der Waals surface area (Å²) in [5.74, 6) is -2.31. The summed E-state index contributed by atoms with van der Waals surface area (Å²) in [6, 6.07) is 10.9. The van der Waals surface area contributed by atoms with Crippen molar-refractivity contribution in [2.24, 2.45) is 13.0 Å². The second-order valence-corrected chi connectivity index (χ2v) is 9.33. The van der Waals surface area contributed by atoms with Crippen LogP contribution in [0.2, 0.25) is 5.02 Å². The van der Waals surface area contributed by atoms with Crippen LogP contribution >= 0.6 is 11.6 Å². The minimum Gasteiger partial charge on any atom is -0.359 e. The normalized spacial score (nSPS) is 20.0. The molecule has 2 heterocycles. The predicted molar refractivity (Wildman–Crippen MR) is 130 cm³/mol. The third-order valence-corrected chi connectivity index (χ3v) is 6.96. The van der Waals surface area contributed by atoms with E-state index in [1.807, 2.05) is 12.1 Å². The zero-order chi connectivity index (χ0) is 25.1. The average Bonchev–Trinajstić information content (AvgIpc) is 3.19. The zero-order valence-electron chi connectivity index (χ0n) is 19.5. The van der Waals surface area contributed by atoms with Crippen LogP contribution in [0.4, 0.5) is 8.78 Å². The summed E-state index contributed by atoms with van der Waals surface area (Å²) in [6.45, 7) is 0.486. The number of carbonyl (C=O) groups excluding carboxylic acids is 2. The van der Waals surface area contributed by atoms with E-state index in [0.717, 1.165) is 17.3 Å². The molecule has 2 N–H and O–H groups in total. The number of nitrogens with zero attached hydrogens (tertiary/aromatic N) is 2. The van der Waals surface area contributed by atoms with Gasteiger partial charge in [0.1, 0.15) is 0 Å². The predicted octanol–water partition coefficient (Wildman–Crippen LogP) is 4.49. The van der Waals surface area contributed by atoms with Crippen LogP contribution in [0, 0.1) is 17.6 Å². The van der Waals surface area contributed by atoms with Crippen molar-refractivity contribution >= 4 is 23.3 Å². The van der Waals surface area contributed by atoms with Gasteiger partial charge in [-0.05, 0) is 42.5 Å². The van der Waals surface area contributed by atoms with Crippen LogP contribution in [0.25, 0.3) is 11.3 Å². The minimum absolute atomic E-state index is 0.0446. The van der Waals surface area contributed by atoms with E-state index in [9.17, 15) is 18.4 Å². The Hall–Kier alpha value is -3.10. The van der Waals surface area contributed by atoms with Crippen LogP contribution in [0.1, 0.15) is 41.1 Å². The van der Waals surface area contributed by atoms with Crippen molar-refractivity contribution < 1.29 is 18.4 Å². The molecule has 3 aromatic rings. The van der Waals surface area contributed by atoms with Gasteiger partial charge in [-0.1, -0.05) is 41.9 Å². The lowest BCUT2D eigenvalue weighted by atomic mass is 9.75. The van der Waals surface area contributed by atoms with E-state index in [1.165, 1.54) is 6.07 Å². The molecule has 35 heavy (non-hydrogen) atoms. The van der Waals surface area contributed by atoms with Crippen molar-refractivity contribution in [1.29, 1.82) is 0 Å². The average molecular weight is 501 g/mol. The number of ketones is 1. The lowest BCUT2D eigenvalue weighted by Crippen LogP contribution is -2.45. The van der Waals surface area contributed by atoms with Gasteiger partial charge < -0.3 is 10.6 Å². The molecule has 4 rings (SSSR count). The Morgan fingerprint density at radius 2 is 1.89 bits per heavy atom. The molecule has 1 amide bonds. The van der Waals surface area contributed by atoms with Crippen LogP contribution in [0.15, 0.2) is 48.7 Å². The van der Waals surface area contributed by atoms with Gasteiger partial charge in [-0.3, -0.25) is 14.3 Å². The first kappa shape index (κ1) is 25.0. The molecule has 184 valence electrons. The second-order valence-electron chi connectivity index (χ2n) is 8.93. The number of rotatable bonds is 7. The van der Waals surface area contributed by atoms with Gasteiger partial charge in [0.2, 0.25) is 5.91 Å². The summed E-state index contributed by atoms with van der Waals surface area (Å²) in [5, 5.41) is 10.6. The first-order valence-corrected chi connectivity index (χ1v) is 11.8. The Morgan fingerprint density at radius 3 is 2.51 bits per heavy atom. The third kappa shape index (κ3) is 5.60. The maximum Gasteiger partial charge on any atom is 0.221 e. The standard InChI is InChI=1S/C26H27ClF2N4O2/c1-30-25(35)12-19-11-20(17-7-8-22(28)23(29)9-17)18(13-31-19)10-24(34)15-3-5-16(6-4-15)26-21(27)14-32-33(26)2/h3-9,14,18-20,31H,10-13H2,1-2H3,(H,30,35)/t18-,19?,20+/m1/s1. The third-order valence-electron chi connectivity index (χ3n) is 6.68. The summed E-state index contributed by atoms with van der Waals surface area (Å²) in [7, 11) is 3.37. The van der Waals surface area contributed by atoms with Gasteiger partial charge in [0, 0.05) is 44.1 Å². The van der Waals surface area contributed by atoms with Gasteiger partial charge in [-0.25, -0.2) is 8.78 Å². The molecule has 1 fully saturated rings. The van der Waals surface area contributed by atoms with Gasteiger partial charge in [0.25, 0.3) is 0 Å². The number of Topliss-reactive ketones (excluding diaryl/α,β-unsaturated/α-hetero) is 1. The molecule has 0 bridgehead atoms. The molecule has 0 aliphatic carbocycles. The Bertz CT molecular complexity index is 1210. The molecule has 1 unspecified atom stereocenters. The minimum atomic E-state index is -0.918.